The van der Waals surface area contributed by atoms with Gasteiger partial charge < -0.3 is 10.6 Å². The van der Waals surface area contributed by atoms with Crippen LogP contribution in [0.3, 0.4) is 0 Å². The number of nitrogens with zero attached hydrogens (tertiary/aromatic N) is 2. The van der Waals surface area contributed by atoms with E-state index in [4.69, 9.17) is 0 Å². The highest BCUT2D eigenvalue weighted by Crippen LogP contribution is 2.08. The molecule has 1 heterocycles. The lowest BCUT2D eigenvalue weighted by Gasteiger charge is -2.02. The number of aromatic nitrogens is 2. The predicted octanol–water partition coefficient (Wildman–Crippen LogP) is 2.94. The fourth-order valence-corrected chi connectivity index (χ4v) is 2.52. The van der Waals surface area contributed by atoms with E-state index < -0.39 is 0 Å². The van der Waals surface area contributed by atoms with Crippen molar-refractivity contribution in [3.05, 3.63) is 89.6 Å². The van der Waals surface area contributed by atoms with Crippen LogP contribution in [0.15, 0.2) is 72.9 Å². The standard InChI is InChI=1S/C21H20N4O2/c1-22-21(27)18-10-7-16(8-11-18)9-12-20(26)23-19-13-14-25(24-19)15-17-5-3-2-4-6-17/h2-14H,15H2,1H3,(H,22,27)(H,23,24,26). The first-order valence-electron chi connectivity index (χ1n) is 8.52. The summed E-state index contributed by atoms with van der Waals surface area (Å²) in [5, 5.41) is 9.65. The molecule has 0 aliphatic heterocycles. The van der Waals surface area contributed by atoms with Crippen molar-refractivity contribution in [1.82, 2.24) is 15.1 Å². The second-order valence-corrected chi connectivity index (χ2v) is 5.91. The number of benzene rings is 2. The van der Waals surface area contributed by atoms with E-state index in [0.717, 1.165) is 11.1 Å². The first-order valence-corrected chi connectivity index (χ1v) is 8.52. The molecular weight excluding hydrogens is 340 g/mol. The Bertz CT molecular complexity index is 944. The number of nitrogens with one attached hydrogen (secondary N) is 2. The van der Waals surface area contributed by atoms with E-state index >= 15 is 0 Å². The average molecular weight is 360 g/mol. The largest absolute Gasteiger partial charge is 0.355 e. The van der Waals surface area contributed by atoms with Crippen molar-refractivity contribution in [2.75, 3.05) is 12.4 Å². The van der Waals surface area contributed by atoms with Gasteiger partial charge in [0.25, 0.3) is 5.91 Å². The van der Waals surface area contributed by atoms with Gasteiger partial charge in [0.1, 0.15) is 0 Å². The second kappa shape index (κ2) is 8.62. The minimum absolute atomic E-state index is 0.144. The van der Waals surface area contributed by atoms with Crippen LogP contribution in [0.4, 0.5) is 5.82 Å². The summed E-state index contributed by atoms with van der Waals surface area (Å²) in [5.41, 5.74) is 2.54. The van der Waals surface area contributed by atoms with Gasteiger partial charge in [-0.1, -0.05) is 42.5 Å². The van der Waals surface area contributed by atoms with Gasteiger partial charge >= 0.3 is 0 Å². The molecule has 0 bridgehead atoms. The smallest absolute Gasteiger partial charge is 0.251 e. The third kappa shape index (κ3) is 5.15. The Kier molecular flexibility index (Phi) is 5.79. The SMILES string of the molecule is CNC(=O)c1ccc(C=CC(=O)Nc2ccn(Cc3ccccc3)n2)cc1. The topological polar surface area (TPSA) is 76.0 Å². The highest BCUT2D eigenvalue weighted by atomic mass is 16.2. The van der Waals surface area contributed by atoms with E-state index in [1.54, 1.807) is 48.1 Å². The summed E-state index contributed by atoms with van der Waals surface area (Å²) in [6.45, 7) is 0.643. The lowest BCUT2D eigenvalue weighted by molar-refractivity contribution is -0.111. The Hall–Kier alpha value is -3.67. The maximum Gasteiger partial charge on any atom is 0.251 e. The van der Waals surface area contributed by atoms with Crippen LogP contribution >= 0.6 is 0 Å². The molecule has 3 rings (SSSR count). The summed E-state index contributed by atoms with van der Waals surface area (Å²) < 4.78 is 1.77. The van der Waals surface area contributed by atoms with Gasteiger partial charge in [0.15, 0.2) is 5.82 Å². The molecule has 6 nitrogen and oxygen atoms in total. The summed E-state index contributed by atoms with van der Waals surface area (Å²) >= 11 is 0. The third-order valence-electron chi connectivity index (χ3n) is 3.91. The van der Waals surface area contributed by atoms with Gasteiger partial charge in [-0.25, -0.2) is 0 Å². The number of hydrogen-bond donors (Lipinski definition) is 2. The quantitative estimate of drug-likeness (QED) is 0.664. The van der Waals surface area contributed by atoms with Gasteiger partial charge in [-0.15, -0.1) is 0 Å². The van der Waals surface area contributed by atoms with E-state index in [-0.39, 0.29) is 11.8 Å². The van der Waals surface area contributed by atoms with Gasteiger partial charge in [0.2, 0.25) is 5.91 Å². The minimum atomic E-state index is -0.268. The Morgan fingerprint density at radius 2 is 1.78 bits per heavy atom. The maximum atomic E-state index is 12.1. The number of carbonyl (C=O) groups is 2. The summed E-state index contributed by atoms with van der Waals surface area (Å²) in [7, 11) is 1.58. The number of rotatable bonds is 6. The highest BCUT2D eigenvalue weighted by Gasteiger charge is 2.04. The highest BCUT2D eigenvalue weighted by molar-refractivity contribution is 6.01. The molecule has 0 aliphatic rings. The number of anilines is 1. The minimum Gasteiger partial charge on any atom is -0.355 e. The monoisotopic (exact) mass is 360 g/mol. The molecule has 0 saturated heterocycles. The second-order valence-electron chi connectivity index (χ2n) is 5.91. The van der Waals surface area contributed by atoms with Crippen molar-refractivity contribution in [3.63, 3.8) is 0 Å². The fraction of sp³-hybridized carbons (Fsp3) is 0.0952. The van der Waals surface area contributed by atoms with Crippen molar-refractivity contribution >= 4 is 23.7 Å². The van der Waals surface area contributed by atoms with Crippen LogP contribution < -0.4 is 10.6 Å². The molecule has 6 heteroatoms. The van der Waals surface area contributed by atoms with E-state index in [2.05, 4.69) is 15.7 Å². The molecule has 0 atom stereocenters. The van der Waals surface area contributed by atoms with Crippen LogP contribution in [0.5, 0.6) is 0 Å². The number of carbonyl (C=O) groups excluding carboxylic acids is 2. The van der Waals surface area contributed by atoms with Gasteiger partial charge in [0, 0.05) is 31.0 Å². The van der Waals surface area contributed by atoms with Crippen molar-refractivity contribution in [2.24, 2.45) is 0 Å². The number of hydrogen-bond acceptors (Lipinski definition) is 3. The number of amides is 2. The Morgan fingerprint density at radius 1 is 1.04 bits per heavy atom. The van der Waals surface area contributed by atoms with Crippen LogP contribution in [0, 0.1) is 0 Å². The molecule has 1 aromatic heterocycles. The van der Waals surface area contributed by atoms with Crippen molar-refractivity contribution in [2.45, 2.75) is 6.54 Å². The van der Waals surface area contributed by atoms with Gasteiger partial charge in [-0.3, -0.25) is 14.3 Å². The van der Waals surface area contributed by atoms with Crippen molar-refractivity contribution < 1.29 is 9.59 Å². The molecule has 0 fully saturated rings. The van der Waals surface area contributed by atoms with Gasteiger partial charge in [-0.2, -0.15) is 5.10 Å². The fourth-order valence-electron chi connectivity index (χ4n) is 2.52. The van der Waals surface area contributed by atoms with Gasteiger partial charge in [0.05, 0.1) is 6.54 Å². The predicted molar refractivity (Wildman–Crippen MR) is 105 cm³/mol. The lowest BCUT2D eigenvalue weighted by atomic mass is 10.1. The molecule has 0 saturated carbocycles. The molecule has 136 valence electrons. The third-order valence-corrected chi connectivity index (χ3v) is 3.91. The molecule has 3 aromatic rings. The Labute approximate surface area is 157 Å². The molecule has 0 aliphatic carbocycles. The molecule has 0 unspecified atom stereocenters. The zero-order valence-corrected chi connectivity index (χ0v) is 14.9. The molecule has 2 amide bonds. The summed E-state index contributed by atoms with van der Waals surface area (Å²) in [6.07, 6.45) is 4.94. The molecular formula is C21H20N4O2. The Morgan fingerprint density at radius 3 is 2.48 bits per heavy atom. The zero-order valence-electron chi connectivity index (χ0n) is 14.9. The first kappa shape index (κ1) is 18.1. The van der Waals surface area contributed by atoms with Crippen LogP contribution in [-0.4, -0.2) is 28.6 Å². The summed E-state index contributed by atoms with van der Waals surface area (Å²) in [6, 6.07) is 18.7. The summed E-state index contributed by atoms with van der Waals surface area (Å²) in [5.74, 6) is 0.0836. The van der Waals surface area contributed by atoms with E-state index in [1.807, 2.05) is 36.5 Å². The average Bonchev–Trinajstić information content (AvgIpc) is 3.13. The van der Waals surface area contributed by atoms with Crippen LogP contribution in [0.25, 0.3) is 6.08 Å². The molecule has 2 N–H and O–H groups in total. The zero-order chi connectivity index (χ0) is 19.1. The van der Waals surface area contributed by atoms with Crippen LogP contribution in [0.1, 0.15) is 21.5 Å². The van der Waals surface area contributed by atoms with E-state index in [0.29, 0.717) is 17.9 Å². The maximum absolute atomic E-state index is 12.1. The van der Waals surface area contributed by atoms with Gasteiger partial charge in [-0.05, 0) is 29.3 Å². The molecule has 27 heavy (non-hydrogen) atoms. The van der Waals surface area contributed by atoms with Crippen molar-refractivity contribution in [1.29, 1.82) is 0 Å². The normalized spacial score (nSPS) is 10.7. The Balaban J connectivity index is 1.56. The first-order chi connectivity index (χ1) is 13.1. The molecule has 2 aromatic carbocycles. The lowest BCUT2D eigenvalue weighted by Crippen LogP contribution is -2.17. The van der Waals surface area contributed by atoms with Crippen LogP contribution in [-0.2, 0) is 11.3 Å². The molecule has 0 radical (unpaired) electrons. The van der Waals surface area contributed by atoms with Crippen LogP contribution in [0.2, 0.25) is 0 Å². The molecule has 0 spiro atoms. The summed E-state index contributed by atoms with van der Waals surface area (Å²) in [4.78, 5) is 23.6. The van der Waals surface area contributed by atoms with E-state index in [1.165, 1.54) is 6.08 Å². The van der Waals surface area contributed by atoms with E-state index in [9.17, 15) is 9.59 Å². The van der Waals surface area contributed by atoms with Crippen molar-refractivity contribution in [3.8, 4) is 0 Å².